The number of hydrogen-bond acceptors (Lipinski definition) is 5. The van der Waals surface area contributed by atoms with Crippen molar-refractivity contribution in [2.75, 3.05) is 13.2 Å². The molecule has 0 aromatic heterocycles. The van der Waals surface area contributed by atoms with Gasteiger partial charge in [-0.25, -0.2) is 4.79 Å². The first-order chi connectivity index (χ1) is 14.5. The smallest absolute Gasteiger partial charge is 0.356 e. The molecule has 164 valence electrons. The number of carbonyl (C=O) groups excluding carboxylic acids is 1. The number of aryl methyl sites for hydroxylation is 1. The topological polar surface area (TPSA) is 71.4 Å². The molecule has 0 heterocycles. The fraction of sp³-hybridized carbons (Fsp3) is 0.583. The van der Waals surface area contributed by atoms with Crippen LogP contribution in [0.1, 0.15) is 63.9 Å². The van der Waals surface area contributed by atoms with Gasteiger partial charge in [0.05, 0.1) is 17.7 Å². The summed E-state index contributed by atoms with van der Waals surface area (Å²) in [7, 11) is 0. The highest BCUT2D eigenvalue weighted by Crippen LogP contribution is 2.33. The quantitative estimate of drug-likeness (QED) is 0.394. The molecule has 1 aromatic rings. The van der Waals surface area contributed by atoms with Crippen LogP contribution in [0.3, 0.4) is 0 Å². The van der Waals surface area contributed by atoms with Gasteiger partial charge in [-0.15, -0.1) is 0 Å². The molecule has 0 radical (unpaired) electrons. The van der Waals surface area contributed by atoms with E-state index in [0.29, 0.717) is 17.5 Å². The molecule has 2 aliphatic rings. The Labute approximate surface area is 184 Å². The molecule has 0 spiro atoms. The first-order valence-corrected chi connectivity index (χ1v) is 11.5. The molecule has 0 amide bonds. The van der Waals surface area contributed by atoms with Gasteiger partial charge < -0.3 is 14.8 Å². The second kappa shape index (κ2) is 10.9. The largest absolute Gasteiger partial charge is 0.489 e. The second-order valence-corrected chi connectivity index (χ2v) is 8.72. The standard InChI is InChI=1S/C24H33ClN2O3/c1-3-29-24(28)23(26)19-5-4-6-21(19)27-14-13-17-8-10-18(11-9-17)30-22-15-16(2)7-12-20(22)25/h7,12,15,17-18,26-27H,3-6,8-11,13-14H2,1-2H3. The van der Waals surface area contributed by atoms with Crippen LogP contribution in [0.4, 0.5) is 0 Å². The Morgan fingerprint density at radius 2 is 2.00 bits per heavy atom. The number of hydrogen-bond donors (Lipinski definition) is 2. The number of esters is 1. The molecule has 2 N–H and O–H groups in total. The second-order valence-electron chi connectivity index (χ2n) is 8.32. The Balaban J connectivity index is 1.42. The van der Waals surface area contributed by atoms with Crippen LogP contribution in [0.15, 0.2) is 29.5 Å². The molecule has 0 saturated heterocycles. The lowest BCUT2D eigenvalue weighted by Crippen LogP contribution is -2.27. The van der Waals surface area contributed by atoms with Crippen LogP contribution in [-0.4, -0.2) is 30.9 Å². The maximum Gasteiger partial charge on any atom is 0.356 e. The van der Waals surface area contributed by atoms with Crippen LogP contribution in [-0.2, 0) is 9.53 Å². The van der Waals surface area contributed by atoms with Crippen molar-refractivity contribution < 1.29 is 14.3 Å². The summed E-state index contributed by atoms with van der Waals surface area (Å²) in [6, 6.07) is 5.91. The highest BCUT2D eigenvalue weighted by atomic mass is 35.5. The van der Waals surface area contributed by atoms with Gasteiger partial charge in [0.2, 0.25) is 0 Å². The summed E-state index contributed by atoms with van der Waals surface area (Å²) >= 11 is 6.26. The lowest BCUT2D eigenvalue weighted by Gasteiger charge is -2.29. The molecule has 1 aromatic carbocycles. The average molecular weight is 433 g/mol. The highest BCUT2D eigenvalue weighted by molar-refractivity contribution is 6.42. The molecule has 6 heteroatoms. The van der Waals surface area contributed by atoms with E-state index in [1.807, 2.05) is 25.1 Å². The molecular formula is C24H33ClN2O3. The van der Waals surface area contributed by atoms with Gasteiger partial charge in [-0.2, -0.15) is 0 Å². The molecule has 0 bridgehead atoms. The maximum absolute atomic E-state index is 11.9. The fourth-order valence-corrected chi connectivity index (χ4v) is 4.55. The number of carbonyl (C=O) groups is 1. The normalized spacial score (nSPS) is 21.4. The van der Waals surface area contributed by atoms with Crippen molar-refractivity contribution in [3.05, 3.63) is 40.1 Å². The van der Waals surface area contributed by atoms with Gasteiger partial charge in [0.15, 0.2) is 0 Å². The maximum atomic E-state index is 11.9. The number of halogens is 1. The molecule has 1 fully saturated rings. The summed E-state index contributed by atoms with van der Waals surface area (Å²) in [5, 5.41) is 12.3. The van der Waals surface area contributed by atoms with Crippen molar-refractivity contribution in [2.24, 2.45) is 5.92 Å². The van der Waals surface area contributed by atoms with E-state index in [4.69, 9.17) is 26.5 Å². The Bertz CT molecular complexity index is 798. The van der Waals surface area contributed by atoms with Crippen LogP contribution in [0.5, 0.6) is 5.75 Å². The van der Waals surface area contributed by atoms with E-state index in [0.717, 1.165) is 80.5 Å². The third-order valence-electron chi connectivity index (χ3n) is 6.06. The van der Waals surface area contributed by atoms with E-state index in [9.17, 15) is 4.79 Å². The minimum Gasteiger partial charge on any atom is -0.489 e. The summed E-state index contributed by atoms with van der Waals surface area (Å²) in [5.41, 5.74) is 3.06. The molecule has 0 aliphatic heterocycles. The van der Waals surface area contributed by atoms with Crippen molar-refractivity contribution in [2.45, 2.75) is 71.3 Å². The Hall–Kier alpha value is -2.01. The predicted molar refractivity (Wildman–Crippen MR) is 120 cm³/mol. The van der Waals surface area contributed by atoms with Gasteiger partial charge in [-0.05, 0) is 88.8 Å². The van der Waals surface area contributed by atoms with E-state index >= 15 is 0 Å². The molecule has 5 nitrogen and oxygen atoms in total. The van der Waals surface area contributed by atoms with Crippen LogP contribution in [0.2, 0.25) is 5.02 Å². The zero-order valence-corrected chi connectivity index (χ0v) is 18.8. The van der Waals surface area contributed by atoms with E-state index in [2.05, 4.69) is 5.32 Å². The number of benzene rings is 1. The lowest BCUT2D eigenvalue weighted by molar-refractivity contribution is -0.135. The van der Waals surface area contributed by atoms with Gasteiger partial charge in [0, 0.05) is 17.8 Å². The Kier molecular flexibility index (Phi) is 8.20. The number of allylic oxidation sites excluding steroid dienone is 1. The Morgan fingerprint density at radius 3 is 2.73 bits per heavy atom. The molecule has 30 heavy (non-hydrogen) atoms. The molecule has 0 unspecified atom stereocenters. The first kappa shape index (κ1) is 22.7. The summed E-state index contributed by atoms with van der Waals surface area (Å²) < 4.78 is 11.1. The zero-order chi connectivity index (χ0) is 21.5. The molecule has 2 aliphatic carbocycles. The van der Waals surface area contributed by atoms with Gasteiger partial charge >= 0.3 is 5.97 Å². The summed E-state index contributed by atoms with van der Waals surface area (Å²) in [4.78, 5) is 11.9. The van der Waals surface area contributed by atoms with E-state index < -0.39 is 5.97 Å². The summed E-state index contributed by atoms with van der Waals surface area (Å²) in [6.45, 7) is 5.00. The minimum absolute atomic E-state index is 0.0179. The first-order valence-electron chi connectivity index (χ1n) is 11.1. The predicted octanol–water partition coefficient (Wildman–Crippen LogP) is 5.59. The van der Waals surface area contributed by atoms with E-state index in [1.165, 1.54) is 0 Å². The van der Waals surface area contributed by atoms with Gasteiger partial charge in [-0.1, -0.05) is 17.7 Å². The highest BCUT2D eigenvalue weighted by Gasteiger charge is 2.25. The summed E-state index contributed by atoms with van der Waals surface area (Å²) in [5.74, 6) is 0.965. The monoisotopic (exact) mass is 432 g/mol. The van der Waals surface area contributed by atoms with Crippen molar-refractivity contribution in [3.63, 3.8) is 0 Å². The third kappa shape index (κ3) is 6.00. The minimum atomic E-state index is -0.513. The lowest BCUT2D eigenvalue weighted by atomic mass is 9.85. The Morgan fingerprint density at radius 1 is 1.23 bits per heavy atom. The van der Waals surface area contributed by atoms with E-state index in [-0.39, 0.29) is 11.8 Å². The SMILES string of the molecule is CCOC(=O)C(=N)C1=C(NCCC2CCC(Oc3cc(C)ccc3Cl)CC2)CCC1. The zero-order valence-electron chi connectivity index (χ0n) is 18.1. The van der Waals surface area contributed by atoms with Crippen LogP contribution < -0.4 is 10.1 Å². The van der Waals surface area contributed by atoms with Crippen molar-refractivity contribution >= 4 is 23.3 Å². The van der Waals surface area contributed by atoms with Gasteiger partial charge in [0.25, 0.3) is 0 Å². The van der Waals surface area contributed by atoms with Gasteiger partial charge in [0.1, 0.15) is 11.5 Å². The van der Waals surface area contributed by atoms with Gasteiger partial charge in [-0.3, -0.25) is 5.41 Å². The summed E-state index contributed by atoms with van der Waals surface area (Å²) in [6.07, 6.45) is 8.43. The fourth-order valence-electron chi connectivity index (χ4n) is 4.39. The van der Waals surface area contributed by atoms with Crippen LogP contribution >= 0.6 is 11.6 Å². The third-order valence-corrected chi connectivity index (χ3v) is 6.38. The average Bonchev–Trinajstić information content (AvgIpc) is 3.20. The number of rotatable bonds is 9. The number of nitrogens with one attached hydrogen (secondary N) is 2. The molecule has 3 rings (SSSR count). The van der Waals surface area contributed by atoms with Crippen molar-refractivity contribution in [1.29, 1.82) is 5.41 Å². The number of ether oxygens (including phenoxy) is 2. The van der Waals surface area contributed by atoms with E-state index in [1.54, 1.807) is 6.92 Å². The molecule has 0 atom stereocenters. The van der Waals surface area contributed by atoms with Crippen molar-refractivity contribution in [3.8, 4) is 5.75 Å². The van der Waals surface area contributed by atoms with Crippen LogP contribution in [0, 0.1) is 18.3 Å². The van der Waals surface area contributed by atoms with Crippen LogP contribution in [0.25, 0.3) is 0 Å². The van der Waals surface area contributed by atoms with Crippen molar-refractivity contribution in [1.82, 2.24) is 5.32 Å². The molecule has 1 saturated carbocycles. The molecular weight excluding hydrogens is 400 g/mol.